The Labute approximate surface area is 110 Å². The number of ether oxygens (including phenoxy) is 1. The molecule has 4 heteroatoms. The predicted octanol–water partition coefficient (Wildman–Crippen LogP) is 1.54. The van der Waals surface area contributed by atoms with Crippen molar-refractivity contribution in [2.45, 2.75) is 63.6 Å². The second-order valence-electron chi connectivity index (χ2n) is 5.58. The van der Waals surface area contributed by atoms with Crippen LogP contribution in [0.3, 0.4) is 0 Å². The van der Waals surface area contributed by atoms with Gasteiger partial charge in [0.25, 0.3) is 0 Å². The number of hydrogen-bond donors (Lipinski definition) is 1. The minimum absolute atomic E-state index is 0.180. The summed E-state index contributed by atoms with van der Waals surface area (Å²) in [5.41, 5.74) is 0. The van der Waals surface area contributed by atoms with Gasteiger partial charge in [0.15, 0.2) is 0 Å². The monoisotopic (exact) mass is 254 g/mol. The van der Waals surface area contributed by atoms with Crippen molar-refractivity contribution in [3.8, 4) is 0 Å². The van der Waals surface area contributed by atoms with Crippen LogP contribution in [0.4, 0.5) is 0 Å². The summed E-state index contributed by atoms with van der Waals surface area (Å²) in [6.07, 6.45) is 6.44. The summed E-state index contributed by atoms with van der Waals surface area (Å²) in [5, 5.41) is 3.54. The second kappa shape index (κ2) is 6.53. The smallest absolute Gasteiger partial charge is 0.222 e. The summed E-state index contributed by atoms with van der Waals surface area (Å²) in [4.78, 5) is 14.4. The van der Waals surface area contributed by atoms with E-state index in [-0.39, 0.29) is 6.10 Å². The Morgan fingerprint density at radius 2 is 2.28 bits per heavy atom. The lowest BCUT2D eigenvalue weighted by Gasteiger charge is -2.30. The van der Waals surface area contributed by atoms with Crippen LogP contribution in [-0.4, -0.2) is 49.2 Å². The topological polar surface area (TPSA) is 41.6 Å². The summed E-state index contributed by atoms with van der Waals surface area (Å²) < 4.78 is 5.21. The van der Waals surface area contributed by atoms with E-state index < -0.39 is 0 Å². The van der Waals surface area contributed by atoms with Crippen molar-refractivity contribution in [3.05, 3.63) is 0 Å². The molecule has 104 valence electrons. The Hall–Kier alpha value is -0.610. The quantitative estimate of drug-likeness (QED) is 0.809. The van der Waals surface area contributed by atoms with Gasteiger partial charge in [-0.1, -0.05) is 0 Å². The van der Waals surface area contributed by atoms with Gasteiger partial charge in [-0.25, -0.2) is 0 Å². The fraction of sp³-hybridized carbons (Fsp3) is 0.929. The van der Waals surface area contributed by atoms with Crippen molar-refractivity contribution >= 4 is 5.91 Å². The van der Waals surface area contributed by atoms with Crippen molar-refractivity contribution < 1.29 is 9.53 Å². The first-order valence-corrected chi connectivity index (χ1v) is 7.28. The Morgan fingerprint density at radius 1 is 1.44 bits per heavy atom. The molecule has 0 aliphatic carbocycles. The number of likely N-dealkylation sites (tertiary alicyclic amines) is 1. The van der Waals surface area contributed by atoms with E-state index in [2.05, 4.69) is 10.2 Å². The van der Waals surface area contributed by atoms with Gasteiger partial charge in [-0.15, -0.1) is 0 Å². The highest BCUT2D eigenvalue weighted by atomic mass is 16.5. The van der Waals surface area contributed by atoms with Crippen molar-refractivity contribution in [1.29, 1.82) is 0 Å². The highest BCUT2D eigenvalue weighted by Gasteiger charge is 2.35. The maximum atomic E-state index is 12.3. The molecule has 4 nitrogen and oxygen atoms in total. The minimum Gasteiger partial charge on any atom is -0.382 e. The van der Waals surface area contributed by atoms with Gasteiger partial charge in [0, 0.05) is 32.2 Å². The van der Waals surface area contributed by atoms with E-state index >= 15 is 0 Å². The van der Waals surface area contributed by atoms with E-state index in [4.69, 9.17) is 4.74 Å². The Bertz CT molecular complexity index is 277. The number of nitrogens with zero attached hydrogens (tertiary/aromatic N) is 1. The zero-order chi connectivity index (χ0) is 13.0. The van der Waals surface area contributed by atoms with Crippen LogP contribution in [0, 0.1) is 0 Å². The van der Waals surface area contributed by atoms with Crippen molar-refractivity contribution in [2.24, 2.45) is 0 Å². The highest BCUT2D eigenvalue weighted by Crippen LogP contribution is 2.25. The number of nitrogens with one attached hydrogen (secondary N) is 1. The summed E-state index contributed by atoms with van der Waals surface area (Å²) in [5.74, 6) is 0.315. The van der Waals surface area contributed by atoms with Gasteiger partial charge in [0.2, 0.25) is 5.91 Å². The fourth-order valence-electron chi connectivity index (χ4n) is 3.15. The van der Waals surface area contributed by atoms with Crippen LogP contribution in [0.2, 0.25) is 0 Å². The summed E-state index contributed by atoms with van der Waals surface area (Å²) >= 11 is 0. The molecular formula is C14H26N2O2. The van der Waals surface area contributed by atoms with Gasteiger partial charge in [0.1, 0.15) is 0 Å². The largest absolute Gasteiger partial charge is 0.382 e. The molecule has 0 radical (unpaired) electrons. The molecule has 0 spiro atoms. The number of methoxy groups -OCH3 is 1. The molecule has 1 amide bonds. The number of amides is 1. The lowest BCUT2D eigenvalue weighted by Crippen LogP contribution is -2.46. The van der Waals surface area contributed by atoms with E-state index in [1.54, 1.807) is 7.11 Å². The summed E-state index contributed by atoms with van der Waals surface area (Å²) in [7, 11) is 1.70. The highest BCUT2D eigenvalue weighted by molar-refractivity contribution is 5.77. The van der Waals surface area contributed by atoms with Crippen molar-refractivity contribution in [3.63, 3.8) is 0 Å². The molecule has 1 N–H and O–H groups in total. The van der Waals surface area contributed by atoms with Crippen LogP contribution in [0.5, 0.6) is 0 Å². The van der Waals surface area contributed by atoms with Gasteiger partial charge in [0.05, 0.1) is 6.10 Å². The van der Waals surface area contributed by atoms with Crippen LogP contribution < -0.4 is 5.32 Å². The zero-order valence-corrected chi connectivity index (χ0v) is 11.7. The Kier molecular flexibility index (Phi) is 5.01. The molecule has 0 saturated carbocycles. The number of carbonyl (C=O) groups excluding carboxylic acids is 1. The maximum absolute atomic E-state index is 12.3. The van der Waals surface area contributed by atoms with Gasteiger partial charge in [-0.3, -0.25) is 4.79 Å². The van der Waals surface area contributed by atoms with Crippen LogP contribution in [-0.2, 0) is 9.53 Å². The van der Waals surface area contributed by atoms with Crippen molar-refractivity contribution in [1.82, 2.24) is 10.2 Å². The molecule has 2 aliphatic rings. The SMILES string of the molecule is COC(C)CCC(=O)N1CCCC1C1CCCN1. The van der Waals surface area contributed by atoms with E-state index in [1.807, 2.05) is 6.92 Å². The van der Waals surface area contributed by atoms with Crippen LogP contribution in [0.25, 0.3) is 0 Å². The lowest BCUT2D eigenvalue weighted by atomic mass is 10.0. The lowest BCUT2D eigenvalue weighted by molar-refractivity contribution is -0.133. The molecule has 2 heterocycles. The van der Waals surface area contributed by atoms with Gasteiger partial charge >= 0.3 is 0 Å². The van der Waals surface area contributed by atoms with Crippen LogP contribution >= 0.6 is 0 Å². The van der Waals surface area contributed by atoms with E-state index in [9.17, 15) is 4.79 Å². The average molecular weight is 254 g/mol. The van der Waals surface area contributed by atoms with Crippen LogP contribution in [0.15, 0.2) is 0 Å². The third-order valence-electron chi connectivity index (χ3n) is 4.35. The second-order valence-corrected chi connectivity index (χ2v) is 5.58. The Balaban J connectivity index is 1.84. The van der Waals surface area contributed by atoms with E-state index in [0.29, 0.717) is 24.4 Å². The normalized spacial score (nSPS) is 29.8. The third kappa shape index (κ3) is 3.23. The minimum atomic E-state index is 0.180. The molecule has 18 heavy (non-hydrogen) atoms. The average Bonchev–Trinajstić information content (AvgIpc) is 3.04. The molecule has 3 unspecified atom stereocenters. The first-order valence-electron chi connectivity index (χ1n) is 7.28. The molecule has 0 aromatic rings. The Morgan fingerprint density at radius 3 is 2.94 bits per heavy atom. The first-order chi connectivity index (χ1) is 8.72. The van der Waals surface area contributed by atoms with Gasteiger partial charge in [-0.2, -0.15) is 0 Å². The third-order valence-corrected chi connectivity index (χ3v) is 4.35. The molecule has 0 bridgehead atoms. The molecule has 2 saturated heterocycles. The maximum Gasteiger partial charge on any atom is 0.222 e. The zero-order valence-electron chi connectivity index (χ0n) is 11.7. The number of carbonyl (C=O) groups is 1. The van der Waals surface area contributed by atoms with Gasteiger partial charge in [-0.05, 0) is 45.6 Å². The summed E-state index contributed by atoms with van der Waals surface area (Å²) in [6, 6.07) is 0.981. The molecule has 0 aromatic carbocycles. The van der Waals surface area contributed by atoms with Crippen LogP contribution in [0.1, 0.15) is 45.4 Å². The molecule has 2 fully saturated rings. The number of rotatable bonds is 5. The molecular weight excluding hydrogens is 228 g/mol. The van der Waals surface area contributed by atoms with Gasteiger partial charge < -0.3 is 15.0 Å². The molecule has 3 atom stereocenters. The standard InChI is InChI=1S/C14H26N2O2/c1-11(18-2)7-8-14(17)16-10-4-6-13(16)12-5-3-9-15-12/h11-13,15H,3-10H2,1-2H3. The van der Waals surface area contributed by atoms with Crippen molar-refractivity contribution in [2.75, 3.05) is 20.2 Å². The molecule has 0 aromatic heterocycles. The van der Waals surface area contributed by atoms with E-state index in [0.717, 1.165) is 25.9 Å². The van der Waals surface area contributed by atoms with E-state index in [1.165, 1.54) is 19.3 Å². The first kappa shape index (κ1) is 13.8. The molecule has 2 rings (SSSR count). The number of hydrogen-bond acceptors (Lipinski definition) is 3. The summed E-state index contributed by atoms with van der Waals surface area (Å²) in [6.45, 7) is 4.08. The fourth-order valence-corrected chi connectivity index (χ4v) is 3.15. The molecule has 2 aliphatic heterocycles. The predicted molar refractivity (Wildman–Crippen MR) is 71.5 cm³/mol.